The number of benzene rings is 1. The van der Waals surface area contributed by atoms with Gasteiger partial charge in [-0.3, -0.25) is 9.59 Å². The van der Waals surface area contributed by atoms with E-state index in [2.05, 4.69) is 31.4 Å². The topological polar surface area (TPSA) is 84.2 Å². The van der Waals surface area contributed by atoms with E-state index in [1.54, 1.807) is 0 Å². The number of halogens is 1. The van der Waals surface area contributed by atoms with Crippen LogP contribution in [-0.2, 0) is 10.2 Å². The molecule has 0 heterocycles. The fraction of sp³-hybridized carbons (Fsp3) is 0.619. The average Bonchev–Trinajstić information content (AvgIpc) is 2.61. The number of hydrogen-bond acceptors (Lipinski definition) is 3. The molecule has 4 N–H and O–H groups in total. The minimum atomic E-state index is -0.143. The van der Waals surface area contributed by atoms with Crippen LogP contribution in [0.5, 0.6) is 0 Å². The Morgan fingerprint density at radius 2 is 1.74 bits per heavy atom. The molecule has 1 saturated carbocycles. The van der Waals surface area contributed by atoms with E-state index in [1.165, 1.54) is 12.0 Å². The van der Waals surface area contributed by atoms with Gasteiger partial charge < -0.3 is 16.4 Å². The van der Waals surface area contributed by atoms with Crippen LogP contribution >= 0.6 is 12.4 Å². The minimum Gasteiger partial charge on any atom is -0.353 e. The van der Waals surface area contributed by atoms with Gasteiger partial charge in [-0.2, -0.15) is 0 Å². The molecule has 1 aromatic rings. The van der Waals surface area contributed by atoms with E-state index in [0.717, 1.165) is 19.3 Å². The van der Waals surface area contributed by atoms with Gasteiger partial charge in [0.05, 0.1) is 0 Å². The molecule has 5 nitrogen and oxygen atoms in total. The number of carbonyl (C=O) groups excluding carboxylic acids is 2. The predicted molar refractivity (Wildman–Crippen MR) is 112 cm³/mol. The van der Waals surface area contributed by atoms with E-state index < -0.39 is 0 Å². The lowest BCUT2D eigenvalue weighted by Gasteiger charge is -2.31. The first-order valence-electron chi connectivity index (χ1n) is 9.69. The third-order valence-corrected chi connectivity index (χ3v) is 5.21. The number of nitrogens with one attached hydrogen (secondary N) is 2. The van der Waals surface area contributed by atoms with Crippen molar-refractivity contribution in [1.29, 1.82) is 0 Å². The summed E-state index contributed by atoms with van der Waals surface area (Å²) in [4.78, 5) is 24.4. The maximum Gasteiger partial charge on any atom is 0.251 e. The summed E-state index contributed by atoms with van der Waals surface area (Å²) in [7, 11) is 0. The second-order valence-corrected chi connectivity index (χ2v) is 8.29. The lowest BCUT2D eigenvalue weighted by molar-refractivity contribution is -0.122. The summed E-state index contributed by atoms with van der Waals surface area (Å²) in [5.41, 5.74) is 7.68. The van der Waals surface area contributed by atoms with Gasteiger partial charge in [0.1, 0.15) is 0 Å². The second-order valence-electron chi connectivity index (χ2n) is 8.29. The molecule has 2 amide bonds. The standard InChI is InChI=1S/C21H33N3O2.ClH/c1-21(2,3)17-10-8-15(9-11-17)20(26)23-13-12-19(25)24-18-7-5-4-6-16(18)14-22;/h8-11,16,18H,4-7,12-14,22H2,1-3H3,(H,23,26)(H,24,25);1H. The molecular formula is C21H34ClN3O2. The van der Waals surface area contributed by atoms with E-state index in [9.17, 15) is 9.59 Å². The molecule has 152 valence electrons. The van der Waals surface area contributed by atoms with Crippen LogP contribution in [-0.4, -0.2) is 30.9 Å². The average molecular weight is 396 g/mol. The Morgan fingerprint density at radius 1 is 1.11 bits per heavy atom. The van der Waals surface area contributed by atoms with Crippen LogP contribution in [0.2, 0.25) is 0 Å². The van der Waals surface area contributed by atoms with Crippen molar-refractivity contribution in [2.75, 3.05) is 13.1 Å². The number of carbonyl (C=O) groups is 2. The predicted octanol–water partition coefficient (Wildman–Crippen LogP) is 3.16. The number of amides is 2. The molecule has 2 atom stereocenters. The maximum atomic E-state index is 12.2. The van der Waals surface area contributed by atoms with Crippen LogP contribution in [0.25, 0.3) is 0 Å². The largest absolute Gasteiger partial charge is 0.353 e. The highest BCUT2D eigenvalue weighted by molar-refractivity contribution is 5.94. The summed E-state index contributed by atoms with van der Waals surface area (Å²) < 4.78 is 0. The molecule has 0 saturated heterocycles. The maximum absolute atomic E-state index is 12.2. The monoisotopic (exact) mass is 395 g/mol. The first-order chi connectivity index (χ1) is 12.3. The van der Waals surface area contributed by atoms with Gasteiger partial charge in [0.15, 0.2) is 0 Å². The zero-order valence-electron chi connectivity index (χ0n) is 16.7. The molecule has 1 aliphatic rings. The quantitative estimate of drug-likeness (QED) is 0.691. The smallest absolute Gasteiger partial charge is 0.251 e. The van der Waals surface area contributed by atoms with Crippen molar-refractivity contribution < 1.29 is 9.59 Å². The van der Waals surface area contributed by atoms with Gasteiger partial charge >= 0.3 is 0 Å². The summed E-state index contributed by atoms with van der Waals surface area (Å²) in [6, 6.07) is 7.82. The number of rotatable bonds is 6. The zero-order valence-corrected chi connectivity index (χ0v) is 17.5. The third kappa shape index (κ3) is 7.15. The summed E-state index contributed by atoms with van der Waals surface area (Å²) in [6.45, 7) is 7.38. The number of nitrogens with two attached hydrogens (primary N) is 1. The van der Waals surface area contributed by atoms with Crippen molar-refractivity contribution in [3.05, 3.63) is 35.4 Å². The first kappa shape index (κ1) is 23.4. The molecule has 1 aromatic carbocycles. The zero-order chi connectivity index (χ0) is 19.2. The molecule has 2 unspecified atom stereocenters. The highest BCUT2D eigenvalue weighted by atomic mass is 35.5. The molecule has 1 fully saturated rings. The van der Waals surface area contributed by atoms with Crippen molar-refractivity contribution in [3.63, 3.8) is 0 Å². The fourth-order valence-corrected chi connectivity index (χ4v) is 3.47. The molecule has 27 heavy (non-hydrogen) atoms. The molecule has 0 aromatic heterocycles. The minimum absolute atomic E-state index is 0. The molecule has 0 spiro atoms. The van der Waals surface area contributed by atoms with Gasteiger partial charge in [-0.1, -0.05) is 45.7 Å². The molecule has 2 rings (SSSR count). The molecule has 6 heteroatoms. The van der Waals surface area contributed by atoms with Crippen molar-refractivity contribution in [2.24, 2.45) is 11.7 Å². The van der Waals surface area contributed by atoms with Crippen LogP contribution < -0.4 is 16.4 Å². The van der Waals surface area contributed by atoms with Gasteiger partial charge in [-0.15, -0.1) is 12.4 Å². The first-order valence-corrected chi connectivity index (χ1v) is 9.69. The summed E-state index contributed by atoms with van der Waals surface area (Å²) >= 11 is 0. The molecule has 0 aliphatic heterocycles. The summed E-state index contributed by atoms with van der Waals surface area (Å²) in [5, 5.41) is 5.91. The Kier molecular flexibility index (Phi) is 9.27. The van der Waals surface area contributed by atoms with Crippen molar-refractivity contribution in [2.45, 2.75) is 64.3 Å². The van der Waals surface area contributed by atoms with E-state index in [-0.39, 0.29) is 35.7 Å². The van der Waals surface area contributed by atoms with Crippen molar-refractivity contribution >= 4 is 24.2 Å². The highest BCUT2D eigenvalue weighted by Gasteiger charge is 2.25. The molecule has 0 radical (unpaired) electrons. The number of hydrogen-bond donors (Lipinski definition) is 3. The van der Waals surface area contributed by atoms with Crippen molar-refractivity contribution in [3.8, 4) is 0 Å². The SMILES string of the molecule is CC(C)(C)c1ccc(C(=O)NCCC(=O)NC2CCCCC2CN)cc1.Cl. The normalized spacial score (nSPS) is 19.7. The molecule has 0 bridgehead atoms. The second kappa shape index (κ2) is 10.7. The van der Waals surface area contributed by atoms with E-state index in [0.29, 0.717) is 31.0 Å². The Labute approximate surface area is 169 Å². The highest BCUT2D eigenvalue weighted by Crippen LogP contribution is 2.23. The summed E-state index contributed by atoms with van der Waals surface area (Å²) in [5.74, 6) is 0.220. The van der Waals surface area contributed by atoms with Gasteiger partial charge in [-0.25, -0.2) is 0 Å². The van der Waals surface area contributed by atoms with Crippen molar-refractivity contribution in [1.82, 2.24) is 10.6 Å². The third-order valence-electron chi connectivity index (χ3n) is 5.21. The van der Waals surface area contributed by atoms with Gasteiger partial charge in [0.25, 0.3) is 5.91 Å². The van der Waals surface area contributed by atoms with E-state index in [1.807, 2.05) is 24.3 Å². The Balaban J connectivity index is 0.00000364. The molecule has 1 aliphatic carbocycles. The summed E-state index contributed by atoms with van der Waals surface area (Å²) in [6.07, 6.45) is 4.71. The van der Waals surface area contributed by atoms with Gasteiger partial charge in [-0.05, 0) is 48.4 Å². The van der Waals surface area contributed by atoms with E-state index in [4.69, 9.17) is 5.73 Å². The van der Waals surface area contributed by atoms with Crippen LogP contribution in [0.1, 0.15) is 68.8 Å². The van der Waals surface area contributed by atoms with Gasteiger partial charge in [0.2, 0.25) is 5.91 Å². The Morgan fingerprint density at radius 3 is 2.33 bits per heavy atom. The fourth-order valence-electron chi connectivity index (χ4n) is 3.47. The lowest BCUT2D eigenvalue weighted by atomic mass is 9.84. The van der Waals surface area contributed by atoms with Crippen LogP contribution in [0, 0.1) is 5.92 Å². The van der Waals surface area contributed by atoms with E-state index >= 15 is 0 Å². The Hall–Kier alpha value is -1.59. The van der Waals surface area contributed by atoms with Crippen LogP contribution in [0.15, 0.2) is 24.3 Å². The molecular weight excluding hydrogens is 362 g/mol. The lowest BCUT2D eigenvalue weighted by Crippen LogP contribution is -2.45. The van der Waals surface area contributed by atoms with Crippen LogP contribution in [0.4, 0.5) is 0 Å². The van der Waals surface area contributed by atoms with Crippen LogP contribution in [0.3, 0.4) is 0 Å². The Bertz CT molecular complexity index is 611. The van der Waals surface area contributed by atoms with Gasteiger partial charge in [0, 0.05) is 24.6 Å².